The minimum Gasteiger partial charge on any atom is -0.394 e. The number of ether oxygens (including phenoxy) is 1. The number of piperidine rings is 1. The van der Waals surface area contributed by atoms with Crippen LogP contribution in [-0.2, 0) is 9.53 Å². The van der Waals surface area contributed by atoms with Crippen molar-refractivity contribution in [2.45, 2.75) is 44.2 Å². The van der Waals surface area contributed by atoms with Crippen molar-refractivity contribution in [1.82, 2.24) is 4.90 Å². The zero-order valence-electron chi connectivity index (χ0n) is 10.9. The van der Waals surface area contributed by atoms with Crippen LogP contribution in [0, 0.1) is 5.92 Å². The van der Waals surface area contributed by atoms with E-state index in [-0.39, 0.29) is 24.7 Å². The average Bonchev–Trinajstić information content (AvgIpc) is 3.21. The summed E-state index contributed by atoms with van der Waals surface area (Å²) < 4.78 is 5.48. The van der Waals surface area contributed by atoms with Crippen molar-refractivity contribution in [3.63, 3.8) is 0 Å². The Morgan fingerprint density at radius 2 is 2.00 bits per heavy atom. The molecule has 1 heterocycles. The lowest BCUT2D eigenvalue weighted by molar-refractivity contribution is -0.134. The van der Waals surface area contributed by atoms with Gasteiger partial charge in [-0.2, -0.15) is 0 Å². The SMILES string of the molecule is NC(CC(=O)N1CCC(OCCO)CC1)C1CC1. The fraction of sp³-hybridized carbons (Fsp3) is 0.923. The number of rotatable bonds is 6. The van der Waals surface area contributed by atoms with E-state index in [1.807, 2.05) is 4.90 Å². The van der Waals surface area contributed by atoms with E-state index in [2.05, 4.69) is 0 Å². The fourth-order valence-corrected chi connectivity index (χ4v) is 2.51. The lowest BCUT2D eigenvalue weighted by Crippen LogP contribution is -2.43. The van der Waals surface area contributed by atoms with Crippen molar-refractivity contribution in [2.24, 2.45) is 11.7 Å². The number of nitrogens with zero attached hydrogens (tertiary/aromatic N) is 1. The van der Waals surface area contributed by atoms with Crippen LogP contribution in [0.4, 0.5) is 0 Å². The highest BCUT2D eigenvalue weighted by Crippen LogP contribution is 2.33. The second kappa shape index (κ2) is 6.50. The van der Waals surface area contributed by atoms with Gasteiger partial charge in [0.25, 0.3) is 0 Å². The van der Waals surface area contributed by atoms with Crippen LogP contribution in [0.2, 0.25) is 0 Å². The van der Waals surface area contributed by atoms with Crippen LogP contribution in [0.5, 0.6) is 0 Å². The minimum absolute atomic E-state index is 0.0564. The van der Waals surface area contributed by atoms with Crippen LogP contribution in [-0.4, -0.2) is 54.4 Å². The number of likely N-dealkylation sites (tertiary alicyclic amines) is 1. The van der Waals surface area contributed by atoms with E-state index in [1.54, 1.807) is 0 Å². The molecule has 18 heavy (non-hydrogen) atoms. The van der Waals surface area contributed by atoms with Crippen molar-refractivity contribution < 1.29 is 14.6 Å². The largest absolute Gasteiger partial charge is 0.394 e. The Labute approximate surface area is 108 Å². The Balaban J connectivity index is 1.66. The first kappa shape index (κ1) is 13.8. The molecule has 1 aliphatic heterocycles. The zero-order chi connectivity index (χ0) is 13.0. The summed E-state index contributed by atoms with van der Waals surface area (Å²) in [6.45, 7) is 1.97. The van der Waals surface area contributed by atoms with Gasteiger partial charge in [-0.1, -0.05) is 0 Å². The number of aliphatic hydroxyl groups excluding tert-OH is 1. The molecule has 5 nitrogen and oxygen atoms in total. The first-order chi connectivity index (χ1) is 8.70. The summed E-state index contributed by atoms with van der Waals surface area (Å²) >= 11 is 0. The van der Waals surface area contributed by atoms with Crippen molar-refractivity contribution in [3.8, 4) is 0 Å². The van der Waals surface area contributed by atoms with Crippen LogP contribution >= 0.6 is 0 Å². The summed E-state index contributed by atoms with van der Waals surface area (Å²) in [4.78, 5) is 13.9. The third kappa shape index (κ3) is 3.93. The quantitative estimate of drug-likeness (QED) is 0.707. The fourth-order valence-electron chi connectivity index (χ4n) is 2.51. The average molecular weight is 256 g/mol. The van der Waals surface area contributed by atoms with E-state index in [0.29, 0.717) is 18.9 Å². The normalized spacial score (nSPS) is 23.1. The highest BCUT2D eigenvalue weighted by molar-refractivity contribution is 5.77. The van der Waals surface area contributed by atoms with Gasteiger partial charge in [0.1, 0.15) is 0 Å². The molecule has 2 fully saturated rings. The molecule has 2 aliphatic rings. The smallest absolute Gasteiger partial charge is 0.224 e. The predicted molar refractivity (Wildman–Crippen MR) is 68.0 cm³/mol. The first-order valence-corrected chi connectivity index (χ1v) is 6.96. The van der Waals surface area contributed by atoms with E-state index in [0.717, 1.165) is 25.9 Å². The highest BCUT2D eigenvalue weighted by Gasteiger charge is 2.31. The summed E-state index contributed by atoms with van der Waals surface area (Å²) in [5.74, 6) is 0.773. The number of amides is 1. The van der Waals surface area contributed by atoms with Crippen LogP contribution in [0.25, 0.3) is 0 Å². The second-order valence-corrected chi connectivity index (χ2v) is 5.38. The van der Waals surface area contributed by atoms with Crippen molar-refractivity contribution >= 4 is 5.91 Å². The van der Waals surface area contributed by atoms with Crippen LogP contribution < -0.4 is 5.73 Å². The molecular formula is C13H24N2O3. The molecule has 1 aliphatic carbocycles. The summed E-state index contributed by atoms with van der Waals surface area (Å²) in [6, 6.07) is 0.0564. The molecule has 2 rings (SSSR count). The molecule has 0 aromatic heterocycles. The molecule has 0 spiro atoms. The number of hydrogen-bond acceptors (Lipinski definition) is 4. The maximum absolute atomic E-state index is 12.0. The van der Waals surface area contributed by atoms with E-state index in [1.165, 1.54) is 12.8 Å². The Morgan fingerprint density at radius 1 is 1.33 bits per heavy atom. The zero-order valence-corrected chi connectivity index (χ0v) is 10.9. The molecule has 104 valence electrons. The Hall–Kier alpha value is -0.650. The van der Waals surface area contributed by atoms with E-state index in [4.69, 9.17) is 15.6 Å². The van der Waals surface area contributed by atoms with Gasteiger partial charge < -0.3 is 20.5 Å². The number of carbonyl (C=O) groups excluding carboxylic acids is 1. The van der Waals surface area contributed by atoms with Gasteiger partial charge in [-0.05, 0) is 31.6 Å². The van der Waals surface area contributed by atoms with Crippen LogP contribution in [0.15, 0.2) is 0 Å². The highest BCUT2D eigenvalue weighted by atomic mass is 16.5. The lowest BCUT2D eigenvalue weighted by Gasteiger charge is -2.32. The molecule has 0 aromatic carbocycles. The summed E-state index contributed by atoms with van der Waals surface area (Å²) in [6.07, 6.45) is 4.79. The van der Waals surface area contributed by atoms with Gasteiger partial charge in [-0.25, -0.2) is 0 Å². The lowest BCUT2D eigenvalue weighted by atomic mass is 10.1. The van der Waals surface area contributed by atoms with Gasteiger partial charge in [0.2, 0.25) is 5.91 Å². The molecule has 1 unspecified atom stereocenters. The molecule has 1 saturated heterocycles. The number of hydrogen-bond donors (Lipinski definition) is 2. The Kier molecular flexibility index (Phi) is 4.97. The molecular weight excluding hydrogens is 232 g/mol. The standard InChI is InChI=1S/C13H24N2O3/c14-12(10-1-2-10)9-13(17)15-5-3-11(4-6-15)18-8-7-16/h10-12,16H,1-9,14H2. The third-order valence-electron chi connectivity index (χ3n) is 3.88. The molecule has 5 heteroatoms. The Bertz CT molecular complexity index is 273. The summed E-state index contributed by atoms with van der Waals surface area (Å²) in [5.41, 5.74) is 5.98. The van der Waals surface area contributed by atoms with Crippen LogP contribution in [0.3, 0.4) is 0 Å². The monoisotopic (exact) mass is 256 g/mol. The topological polar surface area (TPSA) is 75.8 Å². The first-order valence-electron chi connectivity index (χ1n) is 6.96. The predicted octanol–water partition coefficient (Wildman–Crippen LogP) is 0.114. The van der Waals surface area contributed by atoms with Crippen molar-refractivity contribution in [2.75, 3.05) is 26.3 Å². The number of aliphatic hydroxyl groups is 1. The summed E-state index contributed by atoms with van der Waals surface area (Å²) in [7, 11) is 0. The molecule has 1 atom stereocenters. The van der Waals surface area contributed by atoms with E-state index >= 15 is 0 Å². The second-order valence-electron chi connectivity index (χ2n) is 5.38. The molecule has 1 amide bonds. The molecule has 3 N–H and O–H groups in total. The van der Waals surface area contributed by atoms with Crippen molar-refractivity contribution in [1.29, 1.82) is 0 Å². The molecule has 0 aromatic rings. The van der Waals surface area contributed by atoms with Gasteiger partial charge in [-0.3, -0.25) is 4.79 Å². The van der Waals surface area contributed by atoms with Gasteiger partial charge in [0, 0.05) is 25.6 Å². The minimum atomic E-state index is 0.0564. The van der Waals surface area contributed by atoms with Gasteiger partial charge in [-0.15, -0.1) is 0 Å². The molecule has 1 saturated carbocycles. The van der Waals surface area contributed by atoms with E-state index in [9.17, 15) is 4.79 Å². The van der Waals surface area contributed by atoms with Gasteiger partial charge in [0.15, 0.2) is 0 Å². The Morgan fingerprint density at radius 3 is 2.56 bits per heavy atom. The third-order valence-corrected chi connectivity index (χ3v) is 3.88. The maximum atomic E-state index is 12.0. The van der Waals surface area contributed by atoms with Crippen LogP contribution in [0.1, 0.15) is 32.1 Å². The number of nitrogens with two attached hydrogens (primary N) is 1. The number of carbonyl (C=O) groups is 1. The van der Waals surface area contributed by atoms with Gasteiger partial charge in [0.05, 0.1) is 19.3 Å². The molecule has 0 radical (unpaired) electrons. The van der Waals surface area contributed by atoms with Gasteiger partial charge >= 0.3 is 0 Å². The maximum Gasteiger partial charge on any atom is 0.224 e. The van der Waals surface area contributed by atoms with E-state index < -0.39 is 0 Å². The summed E-state index contributed by atoms with van der Waals surface area (Å²) in [5, 5.41) is 8.69. The molecule has 0 bridgehead atoms. The van der Waals surface area contributed by atoms with Crippen molar-refractivity contribution in [3.05, 3.63) is 0 Å².